The van der Waals surface area contributed by atoms with Gasteiger partial charge in [0.2, 0.25) is 5.91 Å². The van der Waals surface area contributed by atoms with Gasteiger partial charge in [0, 0.05) is 5.92 Å². The van der Waals surface area contributed by atoms with Crippen LogP contribution in [0.3, 0.4) is 0 Å². The van der Waals surface area contributed by atoms with Crippen LogP contribution < -0.4 is 5.32 Å². The minimum atomic E-state index is -0.742. The van der Waals surface area contributed by atoms with Crippen molar-refractivity contribution in [3.05, 3.63) is 0 Å². The minimum absolute atomic E-state index is 0.0393. The number of hydrogen-bond donors (Lipinski definition) is 1. The highest BCUT2D eigenvalue weighted by Crippen LogP contribution is 2.39. The van der Waals surface area contributed by atoms with Gasteiger partial charge < -0.3 is 10.1 Å². The van der Waals surface area contributed by atoms with Gasteiger partial charge in [0.05, 0.1) is 6.61 Å². The summed E-state index contributed by atoms with van der Waals surface area (Å²) in [5.74, 6) is 0.370. The fourth-order valence-electron chi connectivity index (χ4n) is 2.82. The first-order chi connectivity index (χ1) is 8.59. The Labute approximate surface area is 108 Å². The molecule has 0 aromatic carbocycles. The van der Waals surface area contributed by atoms with Gasteiger partial charge >= 0.3 is 5.97 Å². The summed E-state index contributed by atoms with van der Waals surface area (Å²) < 4.78 is 5.16. The molecular formula is C14H23NO3. The molecule has 2 atom stereocenters. The Kier molecular flexibility index (Phi) is 3.93. The zero-order valence-electron chi connectivity index (χ0n) is 11.3. The van der Waals surface area contributed by atoms with Gasteiger partial charge in [-0.2, -0.15) is 0 Å². The number of carbonyl (C=O) groups excluding carboxylic acids is 2. The first-order valence-electron chi connectivity index (χ1n) is 7.08. The Balaban J connectivity index is 2.04. The number of hydrogen-bond acceptors (Lipinski definition) is 3. The average molecular weight is 253 g/mol. The van der Waals surface area contributed by atoms with Crippen molar-refractivity contribution in [2.45, 2.75) is 57.9 Å². The van der Waals surface area contributed by atoms with Crippen molar-refractivity contribution in [1.82, 2.24) is 5.32 Å². The summed E-state index contributed by atoms with van der Waals surface area (Å²) in [6, 6.07) is 0. The highest BCUT2D eigenvalue weighted by atomic mass is 16.5. The monoisotopic (exact) mass is 253 g/mol. The number of esters is 1. The van der Waals surface area contributed by atoms with Crippen molar-refractivity contribution >= 4 is 11.9 Å². The standard InChI is InChI=1S/C14H23NO3/c1-3-18-13(17)14(7-5-4-6-8-14)15-12(16)11-9-10(11)2/h10-11H,3-9H2,1-2H3,(H,15,16)/t10-,11-/m1/s1. The van der Waals surface area contributed by atoms with Gasteiger partial charge in [-0.15, -0.1) is 0 Å². The van der Waals surface area contributed by atoms with E-state index in [4.69, 9.17) is 4.74 Å². The molecule has 1 N–H and O–H groups in total. The lowest BCUT2D eigenvalue weighted by atomic mass is 9.81. The SMILES string of the molecule is CCOC(=O)C1(NC(=O)[C@@H]2C[C@H]2C)CCCCC1. The first kappa shape index (κ1) is 13.4. The Hall–Kier alpha value is -1.06. The summed E-state index contributed by atoms with van der Waals surface area (Å²) in [6.07, 6.45) is 5.50. The highest BCUT2D eigenvalue weighted by molar-refractivity contribution is 5.90. The van der Waals surface area contributed by atoms with Gasteiger partial charge in [-0.25, -0.2) is 4.79 Å². The second-order valence-electron chi connectivity index (χ2n) is 5.67. The predicted octanol–water partition coefficient (Wildman–Crippen LogP) is 2.02. The van der Waals surface area contributed by atoms with Crippen LogP contribution in [-0.4, -0.2) is 24.0 Å². The lowest BCUT2D eigenvalue weighted by Crippen LogP contribution is -2.56. The van der Waals surface area contributed by atoms with Crippen LogP contribution in [0.5, 0.6) is 0 Å². The van der Waals surface area contributed by atoms with Crippen LogP contribution >= 0.6 is 0 Å². The van der Waals surface area contributed by atoms with E-state index in [-0.39, 0.29) is 17.8 Å². The molecule has 2 aliphatic carbocycles. The lowest BCUT2D eigenvalue weighted by molar-refractivity contribution is -0.155. The summed E-state index contributed by atoms with van der Waals surface area (Å²) in [7, 11) is 0. The van der Waals surface area contributed by atoms with Crippen molar-refractivity contribution in [1.29, 1.82) is 0 Å². The normalized spacial score (nSPS) is 29.4. The Bertz CT molecular complexity index is 334. The Morgan fingerprint density at radius 1 is 1.28 bits per heavy atom. The Morgan fingerprint density at radius 3 is 2.39 bits per heavy atom. The number of nitrogens with one attached hydrogen (secondary N) is 1. The van der Waals surface area contributed by atoms with Crippen molar-refractivity contribution in [3.8, 4) is 0 Å². The molecule has 2 aliphatic rings. The summed E-state index contributed by atoms with van der Waals surface area (Å²) >= 11 is 0. The van der Waals surface area contributed by atoms with E-state index in [1.54, 1.807) is 6.92 Å². The van der Waals surface area contributed by atoms with Gasteiger partial charge in [0.1, 0.15) is 5.54 Å². The molecule has 102 valence electrons. The van der Waals surface area contributed by atoms with Crippen molar-refractivity contribution in [2.75, 3.05) is 6.61 Å². The second kappa shape index (κ2) is 5.29. The molecule has 0 bridgehead atoms. The summed E-state index contributed by atoms with van der Waals surface area (Å²) in [4.78, 5) is 24.2. The molecule has 2 fully saturated rings. The van der Waals surface area contributed by atoms with Crippen LogP contribution in [-0.2, 0) is 14.3 Å². The zero-order valence-corrected chi connectivity index (χ0v) is 11.3. The van der Waals surface area contributed by atoms with E-state index in [2.05, 4.69) is 12.2 Å². The molecule has 0 aromatic rings. The van der Waals surface area contributed by atoms with E-state index in [1.165, 1.54) is 0 Å². The molecular weight excluding hydrogens is 230 g/mol. The van der Waals surface area contributed by atoms with E-state index >= 15 is 0 Å². The van der Waals surface area contributed by atoms with Crippen LogP contribution in [0, 0.1) is 11.8 Å². The fourth-order valence-corrected chi connectivity index (χ4v) is 2.82. The minimum Gasteiger partial charge on any atom is -0.464 e. The van der Waals surface area contributed by atoms with E-state index in [9.17, 15) is 9.59 Å². The number of ether oxygens (including phenoxy) is 1. The maximum Gasteiger partial charge on any atom is 0.331 e. The summed E-state index contributed by atoms with van der Waals surface area (Å²) in [5, 5.41) is 3.00. The molecule has 0 aliphatic heterocycles. The summed E-state index contributed by atoms with van der Waals surface area (Å²) in [6.45, 7) is 4.25. The van der Waals surface area contributed by atoms with E-state index < -0.39 is 5.54 Å². The second-order valence-corrected chi connectivity index (χ2v) is 5.67. The third-order valence-corrected chi connectivity index (χ3v) is 4.18. The van der Waals surface area contributed by atoms with Crippen LogP contribution in [0.25, 0.3) is 0 Å². The molecule has 0 heterocycles. The zero-order chi connectivity index (χ0) is 13.2. The fraction of sp³-hybridized carbons (Fsp3) is 0.857. The van der Waals surface area contributed by atoms with E-state index in [0.717, 1.165) is 38.5 Å². The molecule has 0 saturated heterocycles. The van der Waals surface area contributed by atoms with Crippen molar-refractivity contribution in [2.24, 2.45) is 11.8 Å². The molecule has 0 spiro atoms. The molecule has 4 heteroatoms. The largest absolute Gasteiger partial charge is 0.464 e. The van der Waals surface area contributed by atoms with Gasteiger partial charge in [-0.05, 0) is 32.1 Å². The Morgan fingerprint density at radius 2 is 1.89 bits per heavy atom. The van der Waals surface area contributed by atoms with Crippen LogP contribution in [0.15, 0.2) is 0 Å². The molecule has 2 rings (SSSR count). The number of carbonyl (C=O) groups is 2. The molecule has 0 radical (unpaired) electrons. The molecule has 1 amide bonds. The van der Waals surface area contributed by atoms with Crippen LogP contribution in [0.2, 0.25) is 0 Å². The van der Waals surface area contributed by atoms with E-state index in [1.807, 2.05) is 0 Å². The molecule has 4 nitrogen and oxygen atoms in total. The molecule has 0 unspecified atom stereocenters. The molecule has 18 heavy (non-hydrogen) atoms. The van der Waals surface area contributed by atoms with Gasteiger partial charge in [0.25, 0.3) is 0 Å². The highest BCUT2D eigenvalue weighted by Gasteiger charge is 2.47. The van der Waals surface area contributed by atoms with Gasteiger partial charge in [-0.3, -0.25) is 4.79 Å². The van der Waals surface area contributed by atoms with Gasteiger partial charge in [-0.1, -0.05) is 26.2 Å². The maximum atomic E-state index is 12.1. The van der Waals surface area contributed by atoms with Crippen molar-refractivity contribution in [3.63, 3.8) is 0 Å². The molecule has 0 aromatic heterocycles. The third-order valence-electron chi connectivity index (χ3n) is 4.18. The smallest absolute Gasteiger partial charge is 0.331 e. The third kappa shape index (κ3) is 2.68. The number of amides is 1. The summed E-state index contributed by atoms with van der Waals surface area (Å²) in [5.41, 5.74) is -0.742. The first-order valence-corrected chi connectivity index (χ1v) is 7.08. The molecule has 2 saturated carbocycles. The number of rotatable bonds is 4. The van der Waals surface area contributed by atoms with Crippen LogP contribution in [0.4, 0.5) is 0 Å². The maximum absolute atomic E-state index is 12.1. The predicted molar refractivity (Wildman–Crippen MR) is 67.9 cm³/mol. The lowest BCUT2D eigenvalue weighted by Gasteiger charge is -2.35. The topological polar surface area (TPSA) is 55.4 Å². The van der Waals surface area contributed by atoms with E-state index in [0.29, 0.717) is 12.5 Å². The van der Waals surface area contributed by atoms with Crippen LogP contribution in [0.1, 0.15) is 52.4 Å². The quantitative estimate of drug-likeness (QED) is 0.780. The van der Waals surface area contributed by atoms with Crippen molar-refractivity contribution < 1.29 is 14.3 Å². The van der Waals surface area contributed by atoms with Gasteiger partial charge in [0.15, 0.2) is 0 Å². The average Bonchev–Trinajstić information content (AvgIpc) is 3.08.